The van der Waals surface area contributed by atoms with Crippen LogP contribution in [0, 0.1) is 0 Å². The monoisotopic (exact) mass is 585 g/mol. The van der Waals surface area contributed by atoms with Gasteiger partial charge in [-0.05, 0) is 69.9 Å². The van der Waals surface area contributed by atoms with Gasteiger partial charge in [-0.15, -0.1) is 0 Å². The molecule has 46 heavy (non-hydrogen) atoms. The number of hydrogen-bond donors (Lipinski definition) is 0. The molecule has 0 amide bonds. The van der Waals surface area contributed by atoms with E-state index >= 15 is 0 Å². The molecular weight excluding hydrogens is 562 g/mol. The Labute approximate surface area is 262 Å². The zero-order chi connectivity index (χ0) is 29.9. The van der Waals surface area contributed by atoms with E-state index in [0.29, 0.717) is 0 Å². The van der Waals surface area contributed by atoms with Gasteiger partial charge >= 0.3 is 0 Å². The number of furan rings is 1. The summed E-state index contributed by atoms with van der Waals surface area (Å²) in [6.07, 6.45) is 0. The summed E-state index contributed by atoms with van der Waals surface area (Å²) in [4.78, 5) is 10.5. The van der Waals surface area contributed by atoms with Gasteiger partial charge in [0, 0.05) is 32.7 Å². The second-order valence-corrected chi connectivity index (χ2v) is 12.2. The minimum absolute atomic E-state index is 0.861. The van der Waals surface area contributed by atoms with Crippen molar-refractivity contribution in [2.24, 2.45) is 0 Å². The lowest BCUT2D eigenvalue weighted by molar-refractivity contribution is 0.669. The fourth-order valence-electron chi connectivity index (χ4n) is 7.66. The molecule has 11 rings (SSSR count). The van der Waals surface area contributed by atoms with Crippen molar-refractivity contribution in [3.05, 3.63) is 140 Å². The summed E-state index contributed by atoms with van der Waals surface area (Å²) >= 11 is 0. The van der Waals surface area contributed by atoms with Crippen LogP contribution in [0.15, 0.2) is 144 Å². The third kappa shape index (κ3) is 3.12. The molecule has 0 aliphatic carbocycles. The van der Waals surface area contributed by atoms with Crippen molar-refractivity contribution in [1.82, 2.24) is 14.5 Å². The van der Waals surface area contributed by atoms with Crippen molar-refractivity contribution in [2.75, 3.05) is 0 Å². The third-order valence-electron chi connectivity index (χ3n) is 9.72. The van der Waals surface area contributed by atoms with Gasteiger partial charge in [0.25, 0.3) is 0 Å². The molecule has 4 nitrogen and oxygen atoms in total. The van der Waals surface area contributed by atoms with Crippen LogP contribution in [-0.2, 0) is 0 Å². The van der Waals surface area contributed by atoms with Crippen molar-refractivity contribution in [1.29, 1.82) is 0 Å². The Kier molecular flexibility index (Phi) is 4.55. The van der Waals surface area contributed by atoms with E-state index in [4.69, 9.17) is 14.4 Å². The standard InChI is InChI=1S/C42H23N3O/c1-2-9-27-24(8-1)18-21-37-39(27)32-19-16-26(23-38(32)46-37)25-17-20-36-33(22-25)31-13-7-12-30-28-10-3-4-11-29(28)40-42(45(36)41(30)31)44-35-15-6-5-14-34(35)43-40/h1-23H. The maximum atomic E-state index is 6.43. The highest BCUT2D eigenvalue weighted by molar-refractivity contribution is 6.20. The zero-order valence-corrected chi connectivity index (χ0v) is 24.5. The van der Waals surface area contributed by atoms with Gasteiger partial charge in [0.05, 0.1) is 22.1 Å². The lowest BCUT2D eigenvalue weighted by Crippen LogP contribution is -2.02. The normalized spacial score (nSPS) is 12.3. The molecule has 0 fully saturated rings. The third-order valence-corrected chi connectivity index (χ3v) is 9.72. The quantitative estimate of drug-likeness (QED) is 0.192. The minimum atomic E-state index is 0.861. The van der Waals surface area contributed by atoms with Gasteiger partial charge in [-0.1, -0.05) is 97.1 Å². The first kappa shape index (κ1) is 24.1. The van der Waals surface area contributed by atoms with Crippen LogP contribution in [0.4, 0.5) is 0 Å². The molecule has 0 atom stereocenters. The molecule has 0 bridgehead atoms. The number of rotatable bonds is 1. The van der Waals surface area contributed by atoms with Gasteiger partial charge in [-0.25, -0.2) is 9.97 Å². The highest BCUT2D eigenvalue weighted by Gasteiger charge is 2.26. The summed E-state index contributed by atoms with van der Waals surface area (Å²) in [5.41, 5.74) is 12.5. The Bertz CT molecular complexity index is 2930. The van der Waals surface area contributed by atoms with Crippen molar-refractivity contribution in [3.8, 4) is 39.3 Å². The molecule has 0 saturated heterocycles. The van der Waals surface area contributed by atoms with Crippen molar-refractivity contribution in [3.63, 3.8) is 0 Å². The van der Waals surface area contributed by atoms with Gasteiger partial charge in [0.1, 0.15) is 16.9 Å². The topological polar surface area (TPSA) is 43.9 Å². The molecule has 1 aliphatic heterocycles. The Balaban J connectivity index is 1.18. The van der Waals surface area contributed by atoms with Crippen LogP contribution in [0.25, 0.3) is 105 Å². The second-order valence-electron chi connectivity index (χ2n) is 12.2. The van der Waals surface area contributed by atoms with Gasteiger partial charge < -0.3 is 4.42 Å². The number of benzene rings is 7. The molecule has 4 heterocycles. The maximum Gasteiger partial charge on any atom is 0.165 e. The molecule has 3 aromatic heterocycles. The van der Waals surface area contributed by atoms with E-state index < -0.39 is 0 Å². The number of fused-ring (bicyclic) bond motifs is 14. The maximum absolute atomic E-state index is 6.43. The first-order valence-corrected chi connectivity index (χ1v) is 15.6. The first-order chi connectivity index (χ1) is 22.8. The van der Waals surface area contributed by atoms with E-state index in [9.17, 15) is 0 Å². The first-order valence-electron chi connectivity index (χ1n) is 15.6. The van der Waals surface area contributed by atoms with Gasteiger partial charge in [-0.2, -0.15) is 0 Å². The minimum Gasteiger partial charge on any atom is -0.456 e. The van der Waals surface area contributed by atoms with E-state index in [-0.39, 0.29) is 0 Å². The molecule has 7 aromatic carbocycles. The predicted molar refractivity (Wildman–Crippen MR) is 189 cm³/mol. The van der Waals surface area contributed by atoms with Crippen LogP contribution in [-0.4, -0.2) is 14.5 Å². The van der Waals surface area contributed by atoms with Crippen LogP contribution in [0.5, 0.6) is 0 Å². The van der Waals surface area contributed by atoms with Crippen molar-refractivity contribution < 1.29 is 4.42 Å². The molecule has 0 unspecified atom stereocenters. The molecule has 1 aliphatic rings. The fraction of sp³-hybridized carbons (Fsp3) is 0. The van der Waals surface area contributed by atoms with E-state index in [1.54, 1.807) is 0 Å². The molecule has 0 spiro atoms. The average Bonchev–Trinajstić information content (AvgIpc) is 3.62. The summed E-state index contributed by atoms with van der Waals surface area (Å²) in [6, 6.07) is 49.5. The Morgan fingerprint density at radius 3 is 2.15 bits per heavy atom. The molecule has 0 N–H and O–H groups in total. The summed E-state index contributed by atoms with van der Waals surface area (Å²) < 4.78 is 8.75. The van der Waals surface area contributed by atoms with E-state index in [2.05, 4.69) is 120 Å². The number of hydrogen-bond acceptors (Lipinski definition) is 3. The predicted octanol–water partition coefficient (Wildman–Crippen LogP) is 11.1. The Hall–Kier alpha value is -6.26. The van der Waals surface area contributed by atoms with Crippen LogP contribution < -0.4 is 0 Å². The summed E-state index contributed by atoms with van der Waals surface area (Å²) in [6.45, 7) is 0. The molecule has 0 radical (unpaired) electrons. The van der Waals surface area contributed by atoms with Crippen LogP contribution in [0.3, 0.4) is 0 Å². The highest BCUT2D eigenvalue weighted by Crippen LogP contribution is 2.46. The summed E-state index contributed by atoms with van der Waals surface area (Å²) in [5, 5.41) is 7.14. The van der Waals surface area contributed by atoms with Crippen LogP contribution >= 0.6 is 0 Å². The summed E-state index contributed by atoms with van der Waals surface area (Å²) in [7, 11) is 0. The van der Waals surface area contributed by atoms with E-state index in [1.165, 1.54) is 38.1 Å². The van der Waals surface area contributed by atoms with Crippen molar-refractivity contribution >= 4 is 65.6 Å². The lowest BCUT2D eigenvalue weighted by atomic mass is 9.96. The Morgan fingerprint density at radius 2 is 1.22 bits per heavy atom. The smallest absolute Gasteiger partial charge is 0.165 e. The number of nitrogens with zero attached hydrogens (tertiary/aromatic N) is 3. The molecule has 0 saturated carbocycles. The van der Waals surface area contributed by atoms with Gasteiger partial charge in [0.2, 0.25) is 0 Å². The van der Waals surface area contributed by atoms with E-state index in [0.717, 1.165) is 66.8 Å². The molecular formula is C42H23N3O. The lowest BCUT2D eigenvalue weighted by Gasteiger charge is -2.12. The largest absolute Gasteiger partial charge is 0.456 e. The van der Waals surface area contributed by atoms with Gasteiger partial charge in [-0.3, -0.25) is 4.57 Å². The van der Waals surface area contributed by atoms with Crippen LogP contribution in [0.2, 0.25) is 0 Å². The summed E-state index contributed by atoms with van der Waals surface area (Å²) in [5.74, 6) is 0.861. The van der Waals surface area contributed by atoms with Crippen molar-refractivity contribution in [2.45, 2.75) is 0 Å². The zero-order valence-electron chi connectivity index (χ0n) is 24.5. The van der Waals surface area contributed by atoms with E-state index in [1.807, 2.05) is 24.3 Å². The second kappa shape index (κ2) is 8.68. The average molecular weight is 586 g/mol. The Morgan fingerprint density at radius 1 is 0.478 bits per heavy atom. The molecule has 4 heteroatoms. The van der Waals surface area contributed by atoms with Crippen LogP contribution in [0.1, 0.15) is 0 Å². The SMILES string of the molecule is c1ccc2c(c1)-c1nc3ccccc3nc1-n1c3ccc(-c4ccc5c(c4)oc4ccc6ccccc6c45)cc3c3cccc-2c31. The molecule has 212 valence electrons. The highest BCUT2D eigenvalue weighted by atomic mass is 16.3. The molecule has 10 aromatic rings. The number of aromatic nitrogens is 3. The fourth-order valence-corrected chi connectivity index (χ4v) is 7.66. The van der Waals surface area contributed by atoms with Gasteiger partial charge in [0.15, 0.2) is 5.82 Å². The number of para-hydroxylation sites is 3.